The Kier molecular flexibility index (Phi) is 4.11. The first-order valence-electron chi connectivity index (χ1n) is 6.39. The highest BCUT2D eigenvalue weighted by Crippen LogP contribution is 2.34. The molecular weight excluding hydrogens is 329 g/mol. The van der Waals surface area contributed by atoms with E-state index in [2.05, 4.69) is 20.9 Å². The Morgan fingerprint density at radius 3 is 2.62 bits per heavy atom. The highest BCUT2D eigenvalue weighted by molar-refractivity contribution is 9.10. The Morgan fingerprint density at radius 1 is 1.05 bits per heavy atom. The number of hydrogen-bond donors (Lipinski definition) is 0. The Balaban J connectivity index is 1.97. The molecule has 5 heteroatoms. The van der Waals surface area contributed by atoms with Crippen molar-refractivity contribution in [2.75, 3.05) is 0 Å². The molecule has 1 heterocycles. The van der Waals surface area contributed by atoms with Crippen LogP contribution in [0, 0.1) is 0 Å². The fourth-order valence-electron chi connectivity index (χ4n) is 2.12. The Bertz CT molecular complexity index is 765. The van der Waals surface area contributed by atoms with Gasteiger partial charge >= 0.3 is 8.05 Å². The summed E-state index contributed by atoms with van der Waals surface area (Å²) in [5, 5.41) is 0.850. The Morgan fingerprint density at radius 2 is 1.86 bits per heavy atom. The molecule has 0 amide bonds. The van der Waals surface area contributed by atoms with Gasteiger partial charge in [-0.1, -0.05) is 46.3 Å². The van der Waals surface area contributed by atoms with Crippen molar-refractivity contribution in [1.29, 1.82) is 0 Å². The van der Waals surface area contributed by atoms with Crippen molar-refractivity contribution >= 4 is 34.9 Å². The lowest BCUT2D eigenvalue weighted by Crippen LogP contribution is -1.97. The number of hydrogen-bond acceptors (Lipinski definition) is 3. The SMILES string of the molecule is [B]Oc1cc(Br)cc2c(OCc3ccccc3)ccnc12. The summed E-state index contributed by atoms with van der Waals surface area (Å²) in [6.45, 7) is 0.491. The van der Waals surface area contributed by atoms with Crippen molar-refractivity contribution in [3.63, 3.8) is 0 Å². The molecule has 3 nitrogen and oxygen atoms in total. The van der Waals surface area contributed by atoms with E-state index in [0.717, 1.165) is 21.2 Å². The minimum atomic E-state index is 0.491. The van der Waals surface area contributed by atoms with Crippen LogP contribution in [-0.4, -0.2) is 13.0 Å². The second-order valence-corrected chi connectivity index (χ2v) is 5.42. The van der Waals surface area contributed by atoms with E-state index in [0.29, 0.717) is 17.9 Å². The number of benzene rings is 2. The molecule has 0 saturated heterocycles. The monoisotopic (exact) mass is 339 g/mol. The van der Waals surface area contributed by atoms with E-state index < -0.39 is 0 Å². The molecule has 0 bridgehead atoms. The van der Waals surface area contributed by atoms with Crippen molar-refractivity contribution in [3.8, 4) is 11.5 Å². The van der Waals surface area contributed by atoms with E-state index in [1.807, 2.05) is 42.5 Å². The van der Waals surface area contributed by atoms with Gasteiger partial charge in [-0.2, -0.15) is 0 Å². The summed E-state index contributed by atoms with van der Waals surface area (Å²) in [4.78, 5) is 4.30. The summed E-state index contributed by atoms with van der Waals surface area (Å²) in [5.74, 6) is 1.24. The molecule has 0 saturated carbocycles. The van der Waals surface area contributed by atoms with Gasteiger partial charge in [0, 0.05) is 16.1 Å². The smallest absolute Gasteiger partial charge is 0.374 e. The summed E-state index contributed by atoms with van der Waals surface area (Å²) in [7, 11) is 5.30. The minimum absolute atomic E-state index is 0.491. The number of aromatic nitrogens is 1. The molecule has 2 radical (unpaired) electrons. The molecule has 0 spiro atoms. The molecular formula is C16H11BBrNO2. The number of ether oxygens (including phenoxy) is 1. The van der Waals surface area contributed by atoms with Crippen LogP contribution in [0.3, 0.4) is 0 Å². The van der Waals surface area contributed by atoms with E-state index in [1.165, 1.54) is 0 Å². The average Bonchev–Trinajstić information content (AvgIpc) is 2.53. The van der Waals surface area contributed by atoms with Gasteiger partial charge < -0.3 is 9.39 Å². The van der Waals surface area contributed by atoms with Crippen LogP contribution < -0.4 is 9.39 Å². The molecule has 0 aliphatic heterocycles. The number of fused-ring (bicyclic) bond motifs is 1. The molecule has 1 aromatic heterocycles. The van der Waals surface area contributed by atoms with Crippen molar-refractivity contribution < 1.29 is 9.39 Å². The predicted octanol–water partition coefficient (Wildman–Crippen LogP) is 4.04. The number of nitrogens with zero attached hydrogens (tertiary/aromatic N) is 1. The fraction of sp³-hybridized carbons (Fsp3) is 0.0625. The largest absolute Gasteiger partial charge is 0.566 e. The standard InChI is InChI=1S/C16H11BBrNO2/c17-21-15-9-12(18)8-13-14(6-7-19-16(13)15)20-10-11-4-2-1-3-5-11/h1-9H,10H2. The maximum absolute atomic E-state index is 5.90. The maximum Gasteiger partial charge on any atom is 0.374 e. The first kappa shape index (κ1) is 14.0. The maximum atomic E-state index is 5.90. The van der Waals surface area contributed by atoms with Crippen molar-refractivity contribution in [1.82, 2.24) is 4.98 Å². The first-order valence-corrected chi connectivity index (χ1v) is 7.19. The topological polar surface area (TPSA) is 31.4 Å². The average molecular weight is 340 g/mol. The molecule has 2 aromatic carbocycles. The molecule has 0 aliphatic rings. The second-order valence-electron chi connectivity index (χ2n) is 4.50. The minimum Gasteiger partial charge on any atom is -0.566 e. The second kappa shape index (κ2) is 6.18. The lowest BCUT2D eigenvalue weighted by atomic mass is 10.2. The fourth-order valence-corrected chi connectivity index (χ4v) is 2.55. The lowest BCUT2D eigenvalue weighted by Gasteiger charge is -2.11. The zero-order valence-electron chi connectivity index (χ0n) is 11.1. The summed E-state index contributed by atoms with van der Waals surface area (Å²) in [6.07, 6.45) is 1.68. The van der Waals surface area contributed by atoms with E-state index in [-0.39, 0.29) is 0 Å². The molecule has 3 aromatic rings. The van der Waals surface area contributed by atoms with E-state index in [1.54, 1.807) is 12.3 Å². The highest BCUT2D eigenvalue weighted by atomic mass is 79.9. The van der Waals surface area contributed by atoms with Gasteiger partial charge in [0.2, 0.25) is 0 Å². The van der Waals surface area contributed by atoms with Crippen LogP contribution in [0.4, 0.5) is 0 Å². The van der Waals surface area contributed by atoms with Gasteiger partial charge in [0.25, 0.3) is 0 Å². The van der Waals surface area contributed by atoms with E-state index >= 15 is 0 Å². The van der Waals surface area contributed by atoms with Crippen LogP contribution in [0.2, 0.25) is 0 Å². The molecule has 0 fully saturated rings. The van der Waals surface area contributed by atoms with Crippen LogP contribution >= 0.6 is 15.9 Å². The van der Waals surface area contributed by atoms with Crippen LogP contribution in [0.15, 0.2) is 59.2 Å². The zero-order chi connectivity index (χ0) is 14.7. The van der Waals surface area contributed by atoms with Gasteiger partial charge in [0.05, 0.1) is 0 Å². The van der Waals surface area contributed by atoms with Crippen molar-refractivity contribution in [2.45, 2.75) is 6.61 Å². The molecule has 21 heavy (non-hydrogen) atoms. The first-order chi connectivity index (χ1) is 10.3. The normalized spacial score (nSPS) is 10.5. The highest BCUT2D eigenvalue weighted by Gasteiger charge is 2.09. The van der Waals surface area contributed by atoms with Crippen molar-refractivity contribution in [2.24, 2.45) is 0 Å². The van der Waals surface area contributed by atoms with Gasteiger partial charge in [-0.3, -0.25) is 4.98 Å². The van der Waals surface area contributed by atoms with E-state index in [9.17, 15) is 0 Å². The number of halogens is 1. The quantitative estimate of drug-likeness (QED) is 0.672. The molecule has 0 N–H and O–H groups in total. The van der Waals surface area contributed by atoms with Crippen LogP contribution in [-0.2, 0) is 6.61 Å². The third-order valence-electron chi connectivity index (χ3n) is 3.10. The van der Waals surface area contributed by atoms with Gasteiger partial charge in [-0.25, -0.2) is 0 Å². The molecule has 0 unspecified atom stereocenters. The summed E-state index contributed by atoms with van der Waals surface area (Å²) < 4.78 is 11.6. The lowest BCUT2D eigenvalue weighted by molar-refractivity contribution is 0.310. The molecule has 0 aliphatic carbocycles. The predicted molar refractivity (Wildman–Crippen MR) is 86.6 cm³/mol. The molecule has 3 rings (SSSR count). The van der Waals surface area contributed by atoms with Crippen LogP contribution in [0.1, 0.15) is 5.56 Å². The van der Waals surface area contributed by atoms with Gasteiger partial charge in [-0.15, -0.1) is 0 Å². The summed E-state index contributed by atoms with van der Waals surface area (Å²) >= 11 is 3.44. The zero-order valence-corrected chi connectivity index (χ0v) is 12.7. The summed E-state index contributed by atoms with van der Waals surface area (Å²) in [6, 6.07) is 15.5. The van der Waals surface area contributed by atoms with Crippen molar-refractivity contribution in [3.05, 3.63) is 64.8 Å². The van der Waals surface area contributed by atoms with E-state index in [4.69, 9.17) is 17.4 Å². The van der Waals surface area contributed by atoms with Crippen LogP contribution in [0.5, 0.6) is 11.5 Å². The van der Waals surface area contributed by atoms with Crippen LogP contribution in [0.25, 0.3) is 10.9 Å². The van der Waals surface area contributed by atoms with Gasteiger partial charge in [0.1, 0.15) is 23.6 Å². The number of pyridine rings is 1. The molecule has 102 valence electrons. The molecule has 0 atom stereocenters. The van der Waals surface area contributed by atoms with Gasteiger partial charge in [0.15, 0.2) is 0 Å². The summed E-state index contributed by atoms with van der Waals surface area (Å²) in [5.41, 5.74) is 1.78. The number of rotatable bonds is 4. The third-order valence-corrected chi connectivity index (χ3v) is 3.56. The van der Waals surface area contributed by atoms with Gasteiger partial charge in [-0.05, 0) is 23.8 Å². The third kappa shape index (κ3) is 3.03. The Hall–Kier alpha value is -2.01. The Labute approximate surface area is 132 Å².